The van der Waals surface area contributed by atoms with Crippen molar-refractivity contribution in [1.82, 2.24) is 24.4 Å². The number of hydrogen-bond donors (Lipinski definition) is 2. The van der Waals surface area contributed by atoms with Crippen molar-refractivity contribution in [2.24, 2.45) is 4.99 Å². The summed E-state index contributed by atoms with van der Waals surface area (Å²) in [5.41, 5.74) is 1.42. The Morgan fingerprint density at radius 3 is 2.17 bits per heavy atom. The molecule has 2 aromatic heterocycles. The van der Waals surface area contributed by atoms with E-state index in [0.717, 1.165) is 16.7 Å². The molecule has 12 heteroatoms. The van der Waals surface area contributed by atoms with Gasteiger partial charge in [-0.25, -0.2) is 9.98 Å². The van der Waals surface area contributed by atoms with E-state index >= 15 is 0 Å². The van der Waals surface area contributed by atoms with Gasteiger partial charge in [0.05, 0.1) is 39.6 Å². The Labute approximate surface area is 265 Å². The first-order valence-electron chi connectivity index (χ1n) is 14.8. The second-order valence-corrected chi connectivity index (χ2v) is 11.1. The number of aromatic nitrogens is 4. The molecule has 12 nitrogen and oxygen atoms in total. The number of methoxy groups -OCH3 is 2. The number of H-pyrrole nitrogens is 1. The highest BCUT2D eigenvalue weighted by molar-refractivity contribution is 5.71. The Morgan fingerprint density at radius 1 is 1.00 bits per heavy atom. The summed E-state index contributed by atoms with van der Waals surface area (Å²) in [5, 5.41) is 10.3. The third kappa shape index (κ3) is 5.85. The van der Waals surface area contributed by atoms with E-state index in [9.17, 15) is 9.90 Å². The van der Waals surface area contributed by atoms with Crippen molar-refractivity contribution >= 4 is 23.5 Å². The first-order chi connectivity index (χ1) is 22.4. The van der Waals surface area contributed by atoms with E-state index in [1.165, 1.54) is 6.33 Å². The zero-order chi connectivity index (χ0) is 32.3. The van der Waals surface area contributed by atoms with E-state index < -0.39 is 29.6 Å². The summed E-state index contributed by atoms with van der Waals surface area (Å²) in [4.78, 5) is 30.6. The minimum Gasteiger partial charge on any atom is -0.497 e. The van der Waals surface area contributed by atoms with Crippen molar-refractivity contribution in [3.05, 3.63) is 112 Å². The molecule has 0 amide bonds. The van der Waals surface area contributed by atoms with Crippen molar-refractivity contribution in [2.75, 3.05) is 34.9 Å². The first-order valence-corrected chi connectivity index (χ1v) is 14.8. The van der Waals surface area contributed by atoms with Crippen LogP contribution < -0.4 is 15.0 Å². The van der Waals surface area contributed by atoms with Crippen molar-refractivity contribution in [3.8, 4) is 11.5 Å². The van der Waals surface area contributed by atoms with Crippen LogP contribution in [0.4, 0.5) is 5.95 Å². The summed E-state index contributed by atoms with van der Waals surface area (Å²) >= 11 is 0. The quantitative estimate of drug-likeness (QED) is 0.127. The average Bonchev–Trinajstić information content (AvgIpc) is 3.70. The summed E-state index contributed by atoms with van der Waals surface area (Å²) in [6.07, 6.45) is 1.45. The summed E-state index contributed by atoms with van der Waals surface area (Å²) in [5.74, 6) is 1.53. The van der Waals surface area contributed by atoms with Gasteiger partial charge in [-0.1, -0.05) is 54.6 Å². The normalized spacial score (nSPS) is 18.3. The molecule has 1 saturated heterocycles. The minimum absolute atomic E-state index is 0.122. The number of aliphatic imine (C=N–C) groups is 1. The molecule has 6 rings (SSSR count). The molecular weight excluding hydrogens is 588 g/mol. The van der Waals surface area contributed by atoms with Gasteiger partial charge < -0.3 is 29.0 Å². The number of aliphatic hydroxyl groups is 1. The van der Waals surface area contributed by atoms with Crippen LogP contribution in [0.5, 0.6) is 11.5 Å². The number of ether oxygens (including phenoxy) is 4. The molecule has 1 aliphatic heterocycles. The van der Waals surface area contributed by atoms with Crippen molar-refractivity contribution in [3.63, 3.8) is 0 Å². The zero-order valence-corrected chi connectivity index (χ0v) is 26.0. The van der Waals surface area contributed by atoms with Gasteiger partial charge in [0.1, 0.15) is 23.2 Å². The lowest BCUT2D eigenvalue weighted by atomic mass is 9.79. The van der Waals surface area contributed by atoms with Crippen LogP contribution in [0.2, 0.25) is 0 Å². The van der Waals surface area contributed by atoms with E-state index in [4.69, 9.17) is 18.9 Å². The Morgan fingerprint density at radius 2 is 1.61 bits per heavy atom. The Bertz CT molecular complexity index is 1810. The van der Waals surface area contributed by atoms with Crippen LogP contribution in [-0.4, -0.2) is 83.0 Å². The van der Waals surface area contributed by atoms with Crippen LogP contribution in [-0.2, 0) is 15.1 Å². The summed E-state index contributed by atoms with van der Waals surface area (Å²) in [6, 6.07) is 25.4. The second-order valence-electron chi connectivity index (χ2n) is 11.1. The lowest BCUT2D eigenvalue weighted by molar-refractivity contribution is -0.109. The largest absolute Gasteiger partial charge is 0.497 e. The van der Waals surface area contributed by atoms with Gasteiger partial charge in [-0.3, -0.25) is 14.3 Å². The van der Waals surface area contributed by atoms with E-state index in [-0.39, 0.29) is 23.7 Å². The molecule has 0 bridgehead atoms. The molecule has 2 N–H and O–H groups in total. The summed E-state index contributed by atoms with van der Waals surface area (Å²) in [7, 11) is 6.89. The maximum Gasteiger partial charge on any atom is 0.280 e. The van der Waals surface area contributed by atoms with Gasteiger partial charge in [-0.05, 0) is 41.0 Å². The Kier molecular flexibility index (Phi) is 8.84. The van der Waals surface area contributed by atoms with Gasteiger partial charge in [0.15, 0.2) is 17.4 Å². The molecular formula is C34H36N6O6. The van der Waals surface area contributed by atoms with Crippen LogP contribution in [0.15, 0.2) is 95.0 Å². The van der Waals surface area contributed by atoms with Crippen LogP contribution >= 0.6 is 0 Å². The van der Waals surface area contributed by atoms with Crippen molar-refractivity contribution < 1.29 is 24.1 Å². The molecule has 0 saturated carbocycles. The molecule has 1 aliphatic rings. The van der Waals surface area contributed by atoms with Crippen molar-refractivity contribution in [1.29, 1.82) is 0 Å². The van der Waals surface area contributed by atoms with Crippen molar-refractivity contribution in [2.45, 2.75) is 30.5 Å². The minimum atomic E-state index is -1.14. The Hall–Kier alpha value is -5.04. The smallest absolute Gasteiger partial charge is 0.280 e. The molecule has 1 fully saturated rings. The molecule has 5 aromatic rings. The Balaban J connectivity index is 1.52. The fourth-order valence-corrected chi connectivity index (χ4v) is 5.77. The number of hydrogen-bond acceptors (Lipinski definition) is 9. The lowest BCUT2D eigenvalue weighted by Gasteiger charge is -2.39. The van der Waals surface area contributed by atoms with Gasteiger partial charge in [-0.15, -0.1) is 0 Å². The van der Waals surface area contributed by atoms with Gasteiger partial charge in [0.25, 0.3) is 5.56 Å². The third-order valence-corrected chi connectivity index (χ3v) is 7.96. The molecule has 3 heterocycles. The summed E-state index contributed by atoms with van der Waals surface area (Å²) in [6.45, 7) is -0.223. The van der Waals surface area contributed by atoms with Crippen LogP contribution in [0.1, 0.15) is 29.3 Å². The molecule has 0 radical (unpaired) electrons. The topological polar surface area (TPSA) is 136 Å². The van der Waals surface area contributed by atoms with E-state index in [0.29, 0.717) is 17.9 Å². The van der Waals surface area contributed by atoms with Crippen LogP contribution in [0.3, 0.4) is 0 Å². The molecule has 3 atom stereocenters. The highest BCUT2D eigenvalue weighted by Crippen LogP contribution is 2.46. The molecule has 0 aliphatic carbocycles. The van der Waals surface area contributed by atoms with E-state index in [2.05, 4.69) is 19.9 Å². The monoisotopic (exact) mass is 624 g/mol. The number of aromatic amines is 1. The van der Waals surface area contributed by atoms with Crippen LogP contribution in [0.25, 0.3) is 11.2 Å². The molecule has 238 valence electrons. The first kappa shape index (κ1) is 31.0. The van der Waals surface area contributed by atoms with E-state index in [1.54, 1.807) is 30.0 Å². The van der Waals surface area contributed by atoms with Gasteiger partial charge >= 0.3 is 0 Å². The lowest BCUT2D eigenvalue weighted by Crippen LogP contribution is -2.39. The number of nitrogens with zero attached hydrogens (tertiary/aromatic N) is 5. The molecule has 3 aromatic carbocycles. The average molecular weight is 625 g/mol. The molecule has 3 unspecified atom stereocenters. The second kappa shape index (κ2) is 13.1. The molecule has 46 heavy (non-hydrogen) atoms. The maximum absolute atomic E-state index is 13.0. The number of rotatable bonds is 11. The number of fused-ring (bicyclic) bond motifs is 1. The summed E-state index contributed by atoms with van der Waals surface area (Å²) < 4.78 is 26.4. The predicted octanol–water partition coefficient (Wildman–Crippen LogP) is 4.02. The highest BCUT2D eigenvalue weighted by atomic mass is 16.6. The highest BCUT2D eigenvalue weighted by Gasteiger charge is 2.46. The third-order valence-electron chi connectivity index (χ3n) is 7.96. The van der Waals surface area contributed by atoms with Gasteiger partial charge in [0, 0.05) is 20.5 Å². The number of imidazole rings is 1. The van der Waals surface area contributed by atoms with Gasteiger partial charge in [-0.2, -0.15) is 4.98 Å². The van der Waals surface area contributed by atoms with E-state index in [1.807, 2.05) is 93.0 Å². The fraction of sp³-hybridized carbons (Fsp3) is 0.294. The number of nitrogens with one attached hydrogen (secondary N) is 1. The zero-order valence-electron chi connectivity index (χ0n) is 26.0. The predicted molar refractivity (Wildman–Crippen MR) is 173 cm³/mol. The molecule has 0 spiro atoms. The van der Waals surface area contributed by atoms with Gasteiger partial charge in [0.2, 0.25) is 5.95 Å². The maximum atomic E-state index is 13.0. The number of aliphatic hydroxyl groups excluding tert-OH is 1. The number of benzene rings is 3. The SMILES string of the molecule is COc1ccc(C(OC2CC(CO)OC2n2cnc3c(=O)[nH]c(N=CN(C)C)nc32)(c2ccccc2)c2ccc(OC)cc2)cc1. The fourth-order valence-electron chi connectivity index (χ4n) is 5.77. The van der Waals surface area contributed by atoms with Crippen LogP contribution in [0, 0.1) is 0 Å². The standard InChI is InChI=1S/C34H36N6O6/c1-39(2)20-36-33-37-30-29(31(42)38-33)35-21-40(30)32-28(18-27(19-41)45-32)46-34(22-8-6-5-7-9-22,23-10-14-25(43-3)15-11-23)24-12-16-26(44-4)17-13-24/h5-17,20-21,27-28,32,41H,18-19H2,1-4H3,(H,37,38,42).